The van der Waals surface area contributed by atoms with Crippen LogP contribution in [0.1, 0.15) is 13.8 Å². The minimum Gasteiger partial charge on any atom is -0.463 e. The molecular formula is C18H16N2O5S. The van der Waals surface area contributed by atoms with E-state index >= 15 is 0 Å². The summed E-state index contributed by atoms with van der Waals surface area (Å²) in [5, 5.41) is 9.42. The molecule has 8 heteroatoms. The molecule has 0 aliphatic carbocycles. The molecule has 0 radical (unpaired) electrons. The summed E-state index contributed by atoms with van der Waals surface area (Å²) in [6.45, 7) is 3.52. The lowest BCUT2D eigenvalue weighted by Crippen LogP contribution is -2.32. The van der Waals surface area contributed by atoms with Gasteiger partial charge in [0.25, 0.3) is 5.56 Å². The highest BCUT2D eigenvalue weighted by molar-refractivity contribution is 7.07. The zero-order valence-electron chi connectivity index (χ0n) is 14.2. The van der Waals surface area contributed by atoms with Gasteiger partial charge in [0.15, 0.2) is 5.57 Å². The summed E-state index contributed by atoms with van der Waals surface area (Å²) < 4.78 is 11.1. The van der Waals surface area contributed by atoms with Crippen LogP contribution in [-0.2, 0) is 19.1 Å². The van der Waals surface area contributed by atoms with Gasteiger partial charge < -0.3 is 9.47 Å². The van der Waals surface area contributed by atoms with E-state index in [1.807, 2.05) is 0 Å². The van der Waals surface area contributed by atoms with Crippen molar-refractivity contribution in [3.8, 4) is 11.8 Å². The second-order valence-corrected chi connectivity index (χ2v) is 5.88. The first kappa shape index (κ1) is 19.1. The van der Waals surface area contributed by atoms with Gasteiger partial charge in [-0.25, -0.2) is 9.59 Å². The van der Waals surface area contributed by atoms with Crippen LogP contribution in [-0.4, -0.2) is 29.7 Å². The zero-order valence-corrected chi connectivity index (χ0v) is 15.0. The lowest BCUT2D eigenvalue weighted by molar-refractivity contribution is -0.136. The SMILES string of the molecule is CCOC(=O)/C=c1/s/c(=C(/C#N)C(=O)OCC)n(-c2ccccc2)c1=O. The summed E-state index contributed by atoms with van der Waals surface area (Å²) in [5.74, 6) is -1.50. The lowest BCUT2D eigenvalue weighted by atomic mass is 10.3. The molecule has 134 valence electrons. The largest absolute Gasteiger partial charge is 0.463 e. The molecule has 26 heavy (non-hydrogen) atoms. The van der Waals surface area contributed by atoms with E-state index in [4.69, 9.17) is 9.47 Å². The van der Waals surface area contributed by atoms with E-state index in [9.17, 15) is 19.6 Å². The van der Waals surface area contributed by atoms with Crippen molar-refractivity contribution in [2.75, 3.05) is 13.2 Å². The Morgan fingerprint density at radius 2 is 1.85 bits per heavy atom. The van der Waals surface area contributed by atoms with Gasteiger partial charge in [0.2, 0.25) is 0 Å². The predicted molar refractivity (Wildman–Crippen MR) is 95.9 cm³/mol. The van der Waals surface area contributed by atoms with Crippen molar-refractivity contribution in [3.63, 3.8) is 0 Å². The van der Waals surface area contributed by atoms with Crippen LogP contribution < -0.4 is 14.8 Å². The molecule has 0 aliphatic heterocycles. The Morgan fingerprint density at radius 1 is 1.19 bits per heavy atom. The monoisotopic (exact) mass is 372 g/mol. The third-order valence-electron chi connectivity index (χ3n) is 3.18. The molecule has 0 amide bonds. The molecular weight excluding hydrogens is 356 g/mol. The van der Waals surface area contributed by atoms with Crippen molar-refractivity contribution in [1.29, 1.82) is 5.26 Å². The third-order valence-corrected chi connectivity index (χ3v) is 4.27. The van der Waals surface area contributed by atoms with Gasteiger partial charge in [0.1, 0.15) is 15.3 Å². The van der Waals surface area contributed by atoms with Crippen LogP contribution in [0.15, 0.2) is 35.1 Å². The average Bonchev–Trinajstić information content (AvgIpc) is 2.93. The van der Waals surface area contributed by atoms with E-state index in [0.717, 1.165) is 17.4 Å². The maximum Gasteiger partial charge on any atom is 0.351 e. The summed E-state index contributed by atoms with van der Waals surface area (Å²) in [6, 6.07) is 10.3. The molecule has 0 unspecified atom stereocenters. The molecule has 0 N–H and O–H groups in total. The van der Waals surface area contributed by atoms with Crippen LogP contribution in [0.4, 0.5) is 0 Å². The van der Waals surface area contributed by atoms with Crippen LogP contribution in [0.3, 0.4) is 0 Å². The molecule has 0 aliphatic rings. The fourth-order valence-corrected chi connectivity index (χ4v) is 3.19. The van der Waals surface area contributed by atoms with E-state index in [0.29, 0.717) is 5.69 Å². The summed E-state index contributed by atoms with van der Waals surface area (Å²) in [4.78, 5) is 36.6. The van der Waals surface area contributed by atoms with Crippen molar-refractivity contribution >= 4 is 34.9 Å². The van der Waals surface area contributed by atoms with E-state index in [2.05, 4.69) is 0 Å². The molecule has 1 aromatic carbocycles. The van der Waals surface area contributed by atoms with Crippen LogP contribution in [0.25, 0.3) is 17.3 Å². The highest BCUT2D eigenvalue weighted by Gasteiger charge is 2.18. The number of esters is 2. The first-order valence-corrected chi connectivity index (χ1v) is 8.62. The maximum absolute atomic E-state index is 12.8. The Bertz CT molecular complexity index is 1030. The van der Waals surface area contributed by atoms with Crippen molar-refractivity contribution in [2.24, 2.45) is 0 Å². The third kappa shape index (κ3) is 4.07. The molecule has 0 saturated carbocycles. The van der Waals surface area contributed by atoms with Gasteiger partial charge in [0.05, 0.1) is 18.9 Å². The van der Waals surface area contributed by atoms with Crippen molar-refractivity contribution in [2.45, 2.75) is 13.8 Å². The molecule has 0 saturated heterocycles. The highest BCUT2D eigenvalue weighted by Crippen LogP contribution is 2.04. The Morgan fingerprint density at radius 3 is 2.42 bits per heavy atom. The van der Waals surface area contributed by atoms with Gasteiger partial charge in [-0.1, -0.05) is 18.2 Å². The average molecular weight is 372 g/mol. The number of aromatic nitrogens is 1. The van der Waals surface area contributed by atoms with Crippen LogP contribution in [0.5, 0.6) is 0 Å². The number of nitrogens with zero attached hydrogens (tertiary/aromatic N) is 2. The van der Waals surface area contributed by atoms with Crippen molar-refractivity contribution < 1.29 is 19.1 Å². The van der Waals surface area contributed by atoms with E-state index in [1.165, 1.54) is 4.57 Å². The van der Waals surface area contributed by atoms with Gasteiger partial charge in [0, 0.05) is 6.08 Å². The first-order chi connectivity index (χ1) is 12.5. The highest BCUT2D eigenvalue weighted by atomic mass is 32.1. The maximum atomic E-state index is 12.8. The van der Waals surface area contributed by atoms with Crippen molar-refractivity contribution in [1.82, 2.24) is 4.57 Å². The summed E-state index contributed by atoms with van der Waals surface area (Å²) in [5.41, 5.74) is -0.369. The summed E-state index contributed by atoms with van der Waals surface area (Å²) >= 11 is 0.856. The number of benzene rings is 1. The summed E-state index contributed by atoms with van der Waals surface area (Å²) in [7, 11) is 0. The number of carbonyl (C=O) groups excluding carboxylic acids is 2. The van der Waals surface area contributed by atoms with Gasteiger partial charge in [-0.05, 0) is 26.0 Å². The molecule has 2 rings (SSSR count). The van der Waals surface area contributed by atoms with Gasteiger partial charge in [-0.3, -0.25) is 9.36 Å². The number of rotatable bonds is 5. The molecule has 1 heterocycles. The minimum absolute atomic E-state index is 0.0550. The molecule has 7 nitrogen and oxygen atoms in total. The Kier molecular flexibility index (Phi) is 6.47. The molecule has 0 bridgehead atoms. The number of carbonyl (C=O) groups is 2. The number of ether oxygens (including phenoxy) is 2. The second-order valence-electron chi connectivity index (χ2n) is 4.85. The van der Waals surface area contributed by atoms with Crippen LogP contribution in [0, 0.1) is 11.3 Å². The molecule has 2 aromatic rings. The zero-order chi connectivity index (χ0) is 19.1. The van der Waals surface area contributed by atoms with E-state index in [-0.39, 0.29) is 28.0 Å². The smallest absolute Gasteiger partial charge is 0.351 e. The van der Waals surface area contributed by atoms with E-state index in [1.54, 1.807) is 50.2 Å². The molecule has 0 spiro atoms. The minimum atomic E-state index is -0.830. The number of para-hydroxylation sites is 1. The predicted octanol–water partition coefficient (Wildman–Crippen LogP) is 0.480. The molecule has 0 atom stereocenters. The van der Waals surface area contributed by atoms with Gasteiger partial charge >= 0.3 is 11.9 Å². The van der Waals surface area contributed by atoms with E-state index < -0.39 is 17.5 Å². The van der Waals surface area contributed by atoms with Crippen LogP contribution >= 0.6 is 11.3 Å². The number of hydrogen-bond donors (Lipinski definition) is 0. The summed E-state index contributed by atoms with van der Waals surface area (Å²) in [6.07, 6.45) is 1.06. The first-order valence-electron chi connectivity index (χ1n) is 7.80. The fourth-order valence-electron chi connectivity index (χ4n) is 2.14. The fraction of sp³-hybridized carbons (Fsp3) is 0.222. The topological polar surface area (TPSA) is 98.4 Å². The number of thiazole rings is 1. The standard InChI is InChI=1S/C18H16N2O5S/c1-3-24-15(21)10-14-16(22)20(12-8-6-5-7-9-12)17(26-14)13(11-19)18(23)25-4-2/h5-10H,3-4H2,1-2H3/b14-10+,17-13-. The Labute approximate surface area is 153 Å². The van der Waals surface area contributed by atoms with Gasteiger partial charge in [-0.15, -0.1) is 11.3 Å². The molecule has 1 aromatic heterocycles. The lowest BCUT2D eigenvalue weighted by Gasteiger charge is -2.03. The Hall–Kier alpha value is -3.18. The molecule has 0 fully saturated rings. The quantitative estimate of drug-likeness (QED) is 0.708. The van der Waals surface area contributed by atoms with Crippen LogP contribution in [0.2, 0.25) is 0 Å². The second kappa shape index (κ2) is 8.78. The Balaban J connectivity index is 2.87. The normalized spacial score (nSPS) is 12.3. The van der Waals surface area contributed by atoms with Crippen molar-refractivity contribution in [3.05, 3.63) is 49.9 Å². The van der Waals surface area contributed by atoms with Gasteiger partial charge in [-0.2, -0.15) is 5.26 Å². The number of nitriles is 1. The number of hydrogen-bond acceptors (Lipinski definition) is 7.